The molecule has 0 aliphatic heterocycles. The first kappa shape index (κ1) is 13.7. The lowest BCUT2D eigenvalue weighted by Gasteiger charge is -2.07. The molecular weight excluding hydrogens is 253 g/mol. The molecule has 0 aromatic heterocycles. The fraction of sp³-hybridized carbons (Fsp3) is 0.0769. The molecule has 2 rings (SSSR count). The van der Waals surface area contributed by atoms with Crippen LogP contribution in [0.4, 0.5) is 8.78 Å². The monoisotopic (exact) mass is 264 g/mol. The van der Waals surface area contributed by atoms with Crippen LogP contribution in [0.2, 0.25) is 0 Å². The van der Waals surface area contributed by atoms with Crippen LogP contribution in [-0.4, -0.2) is 12.1 Å². The molecule has 0 unspecified atom stereocenters. The van der Waals surface area contributed by atoms with Crippen LogP contribution in [-0.2, 0) is 16.3 Å². The lowest BCUT2D eigenvalue weighted by atomic mass is 9.80. The minimum absolute atomic E-state index is 0.0961. The molecule has 0 aliphatic carbocycles. The average Bonchev–Trinajstić information content (AvgIpc) is 2.43. The Hall–Kier alpha value is -1.76. The Bertz CT molecular complexity index is 537. The lowest BCUT2D eigenvalue weighted by molar-refractivity contribution is -0.231. The van der Waals surface area contributed by atoms with Gasteiger partial charge in [-0.15, -0.1) is 0 Å². The molecule has 1 N–H and O–H groups in total. The number of hydrogen-bond acceptors (Lipinski definition) is 3. The van der Waals surface area contributed by atoms with Gasteiger partial charge in [-0.05, 0) is 23.2 Å². The van der Waals surface area contributed by atoms with E-state index in [4.69, 9.17) is 9.69 Å². The molecule has 0 atom stereocenters. The van der Waals surface area contributed by atoms with Crippen LogP contribution in [0, 0.1) is 11.6 Å². The topological polar surface area (TPSA) is 38.7 Å². The van der Waals surface area contributed by atoms with Crippen LogP contribution in [0.1, 0.15) is 5.56 Å². The summed E-state index contributed by atoms with van der Waals surface area (Å²) in [5, 5.41) is 9.62. The van der Waals surface area contributed by atoms with E-state index in [1.807, 2.05) is 0 Å². The number of benzene rings is 2. The SMILES string of the molecule is OB(OOCc1ccc(F)c(F)c1)c1ccccc1. The summed E-state index contributed by atoms with van der Waals surface area (Å²) >= 11 is 0. The van der Waals surface area contributed by atoms with Crippen LogP contribution >= 0.6 is 0 Å². The van der Waals surface area contributed by atoms with Gasteiger partial charge in [0.25, 0.3) is 0 Å². The summed E-state index contributed by atoms with van der Waals surface area (Å²) in [5.74, 6) is -1.88. The van der Waals surface area contributed by atoms with Crippen LogP contribution in [0.15, 0.2) is 48.5 Å². The third-order valence-electron chi connectivity index (χ3n) is 2.45. The predicted octanol–water partition coefficient (Wildman–Crippen LogP) is 1.80. The Labute approximate surface area is 109 Å². The largest absolute Gasteiger partial charge is 0.523 e. The second-order valence-corrected chi connectivity index (χ2v) is 3.87. The van der Waals surface area contributed by atoms with Crippen molar-refractivity contribution >= 4 is 12.6 Å². The van der Waals surface area contributed by atoms with Gasteiger partial charge in [-0.25, -0.2) is 13.7 Å². The van der Waals surface area contributed by atoms with Gasteiger partial charge in [-0.2, -0.15) is 0 Å². The van der Waals surface area contributed by atoms with E-state index < -0.39 is 18.8 Å². The smallest absolute Gasteiger partial charge is 0.422 e. The molecule has 0 saturated heterocycles. The quantitative estimate of drug-likeness (QED) is 0.508. The van der Waals surface area contributed by atoms with E-state index in [9.17, 15) is 13.8 Å². The Balaban J connectivity index is 1.85. The summed E-state index contributed by atoms with van der Waals surface area (Å²) in [6.07, 6.45) is 0. The maximum Gasteiger partial charge on any atom is 0.523 e. The van der Waals surface area contributed by atoms with Crippen molar-refractivity contribution in [3.63, 3.8) is 0 Å². The number of hydrogen-bond donors (Lipinski definition) is 1. The predicted molar refractivity (Wildman–Crippen MR) is 66.3 cm³/mol. The molecule has 0 heterocycles. The van der Waals surface area contributed by atoms with E-state index in [0.717, 1.165) is 12.1 Å². The molecule has 6 heteroatoms. The maximum atomic E-state index is 12.9. The fourth-order valence-electron chi connectivity index (χ4n) is 1.47. The minimum Gasteiger partial charge on any atom is -0.422 e. The van der Waals surface area contributed by atoms with Crippen molar-refractivity contribution in [2.45, 2.75) is 6.61 Å². The van der Waals surface area contributed by atoms with Gasteiger partial charge >= 0.3 is 7.12 Å². The minimum atomic E-state index is -1.23. The van der Waals surface area contributed by atoms with Crippen LogP contribution in [0.25, 0.3) is 0 Å². The molecule has 0 radical (unpaired) electrons. The first-order valence-corrected chi connectivity index (χ1v) is 5.62. The van der Waals surface area contributed by atoms with Crippen molar-refractivity contribution in [3.8, 4) is 0 Å². The van der Waals surface area contributed by atoms with E-state index in [2.05, 4.69) is 0 Å². The second-order valence-electron chi connectivity index (χ2n) is 3.87. The van der Waals surface area contributed by atoms with Crippen molar-refractivity contribution < 1.29 is 23.5 Å². The Morgan fingerprint density at radius 2 is 1.74 bits per heavy atom. The lowest BCUT2D eigenvalue weighted by Crippen LogP contribution is -2.33. The van der Waals surface area contributed by atoms with Gasteiger partial charge in [0, 0.05) is 0 Å². The highest BCUT2D eigenvalue weighted by molar-refractivity contribution is 6.59. The van der Waals surface area contributed by atoms with Gasteiger partial charge in [0.05, 0.1) is 0 Å². The normalized spacial score (nSPS) is 10.5. The summed E-state index contributed by atoms with van der Waals surface area (Å²) in [6.45, 7) is -0.0961. The fourth-order valence-corrected chi connectivity index (χ4v) is 1.47. The molecule has 98 valence electrons. The van der Waals surface area contributed by atoms with Crippen molar-refractivity contribution in [1.29, 1.82) is 0 Å². The highest BCUT2D eigenvalue weighted by Crippen LogP contribution is 2.09. The molecule has 2 aromatic rings. The van der Waals surface area contributed by atoms with Gasteiger partial charge in [-0.3, -0.25) is 4.81 Å². The highest BCUT2D eigenvalue weighted by Gasteiger charge is 2.17. The molecule has 0 spiro atoms. The number of rotatable bonds is 5. The van der Waals surface area contributed by atoms with Crippen molar-refractivity contribution in [2.24, 2.45) is 0 Å². The summed E-state index contributed by atoms with van der Waals surface area (Å²) < 4.78 is 25.6. The van der Waals surface area contributed by atoms with E-state index in [0.29, 0.717) is 11.0 Å². The third-order valence-corrected chi connectivity index (χ3v) is 2.45. The summed E-state index contributed by atoms with van der Waals surface area (Å²) in [5.41, 5.74) is 0.937. The van der Waals surface area contributed by atoms with E-state index in [-0.39, 0.29) is 6.61 Å². The maximum absolute atomic E-state index is 12.9. The van der Waals surface area contributed by atoms with Crippen molar-refractivity contribution in [3.05, 3.63) is 65.7 Å². The molecule has 2 aromatic carbocycles. The molecule has 0 fully saturated rings. The Morgan fingerprint density at radius 1 is 1.00 bits per heavy atom. The molecule has 3 nitrogen and oxygen atoms in total. The first-order valence-electron chi connectivity index (χ1n) is 5.62. The van der Waals surface area contributed by atoms with E-state index in [1.54, 1.807) is 30.3 Å². The van der Waals surface area contributed by atoms with E-state index >= 15 is 0 Å². The van der Waals surface area contributed by atoms with Crippen LogP contribution in [0.5, 0.6) is 0 Å². The van der Waals surface area contributed by atoms with E-state index in [1.165, 1.54) is 6.07 Å². The standard InChI is InChI=1S/C13H11BF2O3/c15-12-7-6-10(8-13(12)16)9-18-19-14(17)11-4-2-1-3-5-11/h1-8,17H,9H2. The second kappa shape index (κ2) is 6.42. The number of halogens is 2. The third kappa shape index (κ3) is 3.85. The highest BCUT2D eigenvalue weighted by atomic mass is 19.2. The van der Waals surface area contributed by atoms with Gasteiger partial charge in [0.1, 0.15) is 6.61 Å². The van der Waals surface area contributed by atoms with Crippen LogP contribution < -0.4 is 5.46 Å². The Kier molecular flexibility index (Phi) is 4.62. The first-order chi connectivity index (χ1) is 9.16. The average molecular weight is 264 g/mol. The van der Waals surface area contributed by atoms with Crippen molar-refractivity contribution in [2.75, 3.05) is 0 Å². The molecule has 0 saturated carbocycles. The van der Waals surface area contributed by atoms with Gasteiger partial charge in [0.15, 0.2) is 11.6 Å². The zero-order valence-corrected chi connectivity index (χ0v) is 9.92. The molecule has 0 amide bonds. The molecule has 0 bridgehead atoms. The summed E-state index contributed by atoms with van der Waals surface area (Å²) in [6, 6.07) is 12.0. The van der Waals surface area contributed by atoms with Gasteiger partial charge in [0.2, 0.25) is 0 Å². The van der Waals surface area contributed by atoms with Gasteiger partial charge < -0.3 is 5.02 Å². The Morgan fingerprint density at radius 3 is 2.42 bits per heavy atom. The zero-order valence-electron chi connectivity index (χ0n) is 9.92. The summed E-state index contributed by atoms with van der Waals surface area (Å²) in [4.78, 5) is 9.53. The molecule has 19 heavy (non-hydrogen) atoms. The van der Waals surface area contributed by atoms with Gasteiger partial charge in [-0.1, -0.05) is 36.4 Å². The molecule has 0 aliphatic rings. The zero-order chi connectivity index (χ0) is 13.7. The van der Waals surface area contributed by atoms with Crippen molar-refractivity contribution in [1.82, 2.24) is 0 Å². The van der Waals surface area contributed by atoms with Crippen LogP contribution in [0.3, 0.4) is 0 Å². The molecular formula is C13H11BF2O3. The summed E-state index contributed by atoms with van der Waals surface area (Å²) in [7, 11) is -1.23.